The van der Waals surface area contributed by atoms with Gasteiger partial charge >= 0.3 is 0 Å². The first-order valence-electron chi connectivity index (χ1n) is 7.39. The van der Waals surface area contributed by atoms with E-state index in [2.05, 4.69) is 0 Å². The van der Waals surface area contributed by atoms with Gasteiger partial charge in [0.2, 0.25) is 5.91 Å². The van der Waals surface area contributed by atoms with Crippen LogP contribution >= 0.6 is 12.4 Å². The van der Waals surface area contributed by atoms with E-state index in [-0.39, 0.29) is 24.4 Å². The monoisotopic (exact) mass is 288 g/mol. The first kappa shape index (κ1) is 15.1. The van der Waals surface area contributed by atoms with Gasteiger partial charge in [-0.15, -0.1) is 12.4 Å². The number of rotatable bonds is 2. The molecular formula is C14H25ClN2O2. The molecule has 4 unspecified atom stereocenters. The summed E-state index contributed by atoms with van der Waals surface area (Å²) in [6.07, 6.45) is 6.52. The number of amides is 1. The fourth-order valence-electron chi connectivity index (χ4n) is 3.85. The number of hydrogen-bond donors (Lipinski definition) is 1. The summed E-state index contributed by atoms with van der Waals surface area (Å²) in [6, 6.07) is 0.310. The van der Waals surface area contributed by atoms with E-state index in [0.29, 0.717) is 24.3 Å². The van der Waals surface area contributed by atoms with Gasteiger partial charge in [-0.05, 0) is 37.5 Å². The highest BCUT2D eigenvalue weighted by Crippen LogP contribution is 2.36. The minimum atomic E-state index is 0. The van der Waals surface area contributed by atoms with E-state index >= 15 is 0 Å². The molecular weight excluding hydrogens is 264 g/mol. The van der Waals surface area contributed by atoms with Gasteiger partial charge in [-0.25, -0.2) is 0 Å². The summed E-state index contributed by atoms with van der Waals surface area (Å²) in [6.45, 7) is 2.65. The Hall–Kier alpha value is -0.320. The van der Waals surface area contributed by atoms with Gasteiger partial charge in [-0.3, -0.25) is 4.79 Å². The van der Waals surface area contributed by atoms with Crippen molar-refractivity contribution in [1.29, 1.82) is 0 Å². The Morgan fingerprint density at radius 1 is 1.21 bits per heavy atom. The molecule has 0 bridgehead atoms. The molecule has 0 aromatic heterocycles. The van der Waals surface area contributed by atoms with Gasteiger partial charge in [-0.2, -0.15) is 0 Å². The third kappa shape index (κ3) is 3.23. The highest BCUT2D eigenvalue weighted by molar-refractivity contribution is 5.85. The summed E-state index contributed by atoms with van der Waals surface area (Å²) in [5, 5.41) is 0. The highest BCUT2D eigenvalue weighted by atomic mass is 35.5. The Labute approximate surface area is 121 Å². The minimum absolute atomic E-state index is 0. The molecule has 3 aliphatic rings. The first-order valence-corrected chi connectivity index (χ1v) is 7.39. The van der Waals surface area contributed by atoms with E-state index < -0.39 is 0 Å². The Balaban J connectivity index is 0.00000133. The summed E-state index contributed by atoms with van der Waals surface area (Å²) in [5.41, 5.74) is 6.18. The van der Waals surface area contributed by atoms with Gasteiger partial charge in [0.1, 0.15) is 0 Å². The van der Waals surface area contributed by atoms with Gasteiger partial charge in [-0.1, -0.05) is 6.42 Å². The maximum absolute atomic E-state index is 12.3. The van der Waals surface area contributed by atoms with Crippen molar-refractivity contribution >= 4 is 18.3 Å². The number of carbonyl (C=O) groups is 1. The van der Waals surface area contributed by atoms with Crippen molar-refractivity contribution in [3.05, 3.63) is 0 Å². The van der Waals surface area contributed by atoms with E-state index in [4.69, 9.17) is 10.5 Å². The predicted octanol–water partition coefficient (Wildman–Crippen LogP) is 1.56. The highest BCUT2D eigenvalue weighted by Gasteiger charge is 2.40. The van der Waals surface area contributed by atoms with Crippen LogP contribution in [0.2, 0.25) is 0 Å². The second-order valence-corrected chi connectivity index (χ2v) is 6.16. The zero-order valence-corrected chi connectivity index (χ0v) is 12.2. The van der Waals surface area contributed by atoms with Crippen LogP contribution in [0.25, 0.3) is 0 Å². The molecule has 1 amide bonds. The van der Waals surface area contributed by atoms with Crippen molar-refractivity contribution in [2.24, 2.45) is 17.6 Å². The van der Waals surface area contributed by atoms with E-state index in [0.717, 1.165) is 39.0 Å². The lowest BCUT2D eigenvalue weighted by atomic mass is 9.78. The van der Waals surface area contributed by atoms with E-state index in [1.165, 1.54) is 12.8 Å². The van der Waals surface area contributed by atoms with Crippen molar-refractivity contribution in [3.63, 3.8) is 0 Å². The molecule has 2 heterocycles. The molecule has 0 radical (unpaired) electrons. The normalized spacial score (nSPS) is 37.8. The lowest BCUT2D eigenvalue weighted by Gasteiger charge is -2.29. The van der Waals surface area contributed by atoms with Crippen LogP contribution in [0.3, 0.4) is 0 Å². The molecule has 110 valence electrons. The SMILES string of the molecule is Cl.NC1CCCC2CN(C(=O)CC3CCCO3)CC12. The van der Waals surface area contributed by atoms with Crippen molar-refractivity contribution in [2.45, 2.75) is 50.7 Å². The third-order valence-corrected chi connectivity index (χ3v) is 4.93. The average Bonchev–Trinajstić information content (AvgIpc) is 2.97. The van der Waals surface area contributed by atoms with Crippen molar-refractivity contribution in [1.82, 2.24) is 4.90 Å². The van der Waals surface area contributed by atoms with E-state index in [9.17, 15) is 4.79 Å². The van der Waals surface area contributed by atoms with Crippen molar-refractivity contribution in [3.8, 4) is 0 Å². The largest absolute Gasteiger partial charge is 0.378 e. The standard InChI is InChI=1S/C14H24N2O2.ClH/c15-13-5-1-3-10-8-16(9-12(10)13)14(17)7-11-4-2-6-18-11;/h10-13H,1-9,15H2;1H. The van der Waals surface area contributed by atoms with Crippen LogP contribution < -0.4 is 5.73 Å². The van der Waals surface area contributed by atoms with E-state index in [1.807, 2.05) is 4.90 Å². The van der Waals surface area contributed by atoms with Crippen LogP contribution in [0.1, 0.15) is 38.5 Å². The fraction of sp³-hybridized carbons (Fsp3) is 0.929. The number of likely N-dealkylation sites (tertiary alicyclic amines) is 1. The molecule has 3 rings (SSSR count). The molecule has 4 nitrogen and oxygen atoms in total. The Bertz CT molecular complexity index is 321. The van der Waals surface area contributed by atoms with Crippen molar-refractivity contribution in [2.75, 3.05) is 19.7 Å². The van der Waals surface area contributed by atoms with Gasteiger partial charge in [0.25, 0.3) is 0 Å². The van der Waals surface area contributed by atoms with Crippen molar-refractivity contribution < 1.29 is 9.53 Å². The van der Waals surface area contributed by atoms with Crippen LogP contribution in [-0.2, 0) is 9.53 Å². The van der Waals surface area contributed by atoms with Gasteiger partial charge in [0.05, 0.1) is 12.5 Å². The maximum Gasteiger partial charge on any atom is 0.225 e. The number of ether oxygens (including phenoxy) is 1. The average molecular weight is 289 g/mol. The van der Waals surface area contributed by atoms with E-state index in [1.54, 1.807) is 0 Å². The van der Waals surface area contributed by atoms with Crippen LogP contribution in [0.15, 0.2) is 0 Å². The molecule has 2 aliphatic heterocycles. The van der Waals surface area contributed by atoms with Crippen LogP contribution in [-0.4, -0.2) is 42.6 Å². The zero-order chi connectivity index (χ0) is 12.5. The molecule has 4 atom stereocenters. The lowest BCUT2D eigenvalue weighted by molar-refractivity contribution is -0.132. The smallest absolute Gasteiger partial charge is 0.225 e. The van der Waals surface area contributed by atoms with Gasteiger partial charge < -0.3 is 15.4 Å². The fourth-order valence-corrected chi connectivity index (χ4v) is 3.85. The lowest BCUT2D eigenvalue weighted by Crippen LogP contribution is -2.38. The molecule has 3 fully saturated rings. The molecule has 0 aromatic carbocycles. The summed E-state index contributed by atoms with van der Waals surface area (Å²) in [7, 11) is 0. The number of nitrogens with two attached hydrogens (primary N) is 1. The Morgan fingerprint density at radius 3 is 2.74 bits per heavy atom. The number of carbonyl (C=O) groups excluding carboxylic acids is 1. The van der Waals surface area contributed by atoms with Crippen LogP contribution in [0.4, 0.5) is 0 Å². The maximum atomic E-state index is 12.3. The Kier molecular flexibility index (Phi) is 5.09. The molecule has 1 saturated carbocycles. The zero-order valence-electron chi connectivity index (χ0n) is 11.4. The second kappa shape index (κ2) is 6.42. The molecule has 0 spiro atoms. The molecule has 5 heteroatoms. The van der Waals surface area contributed by atoms with Crippen LogP contribution in [0, 0.1) is 11.8 Å². The second-order valence-electron chi connectivity index (χ2n) is 6.16. The summed E-state index contributed by atoms with van der Waals surface area (Å²) in [5.74, 6) is 1.48. The Morgan fingerprint density at radius 2 is 2.05 bits per heavy atom. The molecule has 2 saturated heterocycles. The van der Waals surface area contributed by atoms with Crippen LogP contribution in [0.5, 0.6) is 0 Å². The quantitative estimate of drug-likeness (QED) is 0.839. The number of fused-ring (bicyclic) bond motifs is 1. The summed E-state index contributed by atoms with van der Waals surface area (Å²) >= 11 is 0. The van der Waals surface area contributed by atoms with Gasteiger partial charge in [0.15, 0.2) is 0 Å². The molecule has 0 aromatic rings. The minimum Gasteiger partial charge on any atom is -0.378 e. The molecule has 19 heavy (non-hydrogen) atoms. The summed E-state index contributed by atoms with van der Waals surface area (Å²) < 4.78 is 5.55. The first-order chi connectivity index (χ1) is 8.74. The summed E-state index contributed by atoms with van der Waals surface area (Å²) in [4.78, 5) is 14.3. The molecule has 2 N–H and O–H groups in total. The predicted molar refractivity (Wildman–Crippen MR) is 76.2 cm³/mol. The number of nitrogens with zero attached hydrogens (tertiary/aromatic N) is 1. The third-order valence-electron chi connectivity index (χ3n) is 4.93. The molecule has 1 aliphatic carbocycles. The van der Waals surface area contributed by atoms with Gasteiger partial charge in [0, 0.05) is 25.7 Å². The topological polar surface area (TPSA) is 55.6 Å². The number of hydrogen-bond acceptors (Lipinski definition) is 3. The number of halogens is 1.